The van der Waals surface area contributed by atoms with Gasteiger partial charge in [0, 0.05) is 13.0 Å². The van der Waals surface area contributed by atoms with Crippen molar-refractivity contribution < 1.29 is 18.8 Å². The fraction of sp³-hybridized carbons (Fsp3) is 0.524. The summed E-state index contributed by atoms with van der Waals surface area (Å²) in [4.78, 5) is 40.7. The average Bonchev–Trinajstić information content (AvgIpc) is 3.15. The normalized spacial score (nSPS) is 16.0. The highest BCUT2D eigenvalue weighted by molar-refractivity contribution is 6.04. The summed E-state index contributed by atoms with van der Waals surface area (Å²) in [5.74, 6) is -0.735. The number of aromatic nitrogens is 1. The van der Waals surface area contributed by atoms with Crippen molar-refractivity contribution in [2.45, 2.75) is 57.8 Å². The largest absolute Gasteiger partial charge is 0.434 e. The Morgan fingerprint density at radius 2 is 1.82 bits per heavy atom. The number of nitrogens with two attached hydrogens (primary N) is 1. The van der Waals surface area contributed by atoms with Crippen molar-refractivity contribution in [2.75, 3.05) is 6.54 Å². The van der Waals surface area contributed by atoms with Crippen molar-refractivity contribution in [2.24, 2.45) is 11.1 Å². The van der Waals surface area contributed by atoms with Gasteiger partial charge in [0.05, 0.1) is 0 Å². The summed E-state index contributed by atoms with van der Waals surface area (Å²) in [5.41, 5.74) is 5.77. The molecule has 2 aromatic rings. The van der Waals surface area contributed by atoms with E-state index in [1.165, 1.54) is 0 Å². The zero-order chi connectivity index (χ0) is 20.0. The lowest BCUT2D eigenvalue weighted by atomic mass is 9.72. The van der Waals surface area contributed by atoms with Crippen molar-refractivity contribution in [3.8, 4) is 0 Å². The molecule has 0 bridgehead atoms. The molecule has 3 rings (SSSR count). The molecule has 0 atom stereocenters. The predicted molar refractivity (Wildman–Crippen MR) is 105 cm³/mol. The van der Waals surface area contributed by atoms with Gasteiger partial charge in [-0.15, -0.1) is 0 Å². The third-order valence-electron chi connectivity index (χ3n) is 5.51. The Labute approximate surface area is 164 Å². The lowest BCUT2D eigenvalue weighted by Gasteiger charge is -2.32. The van der Waals surface area contributed by atoms with Gasteiger partial charge in [0.2, 0.25) is 17.6 Å². The second-order valence-corrected chi connectivity index (χ2v) is 7.48. The number of amides is 2. The number of nitrogens with one attached hydrogen (secondary N) is 1. The number of nitrogens with zero attached hydrogens (tertiary/aromatic N) is 1. The van der Waals surface area contributed by atoms with Crippen LogP contribution in [0.2, 0.25) is 0 Å². The van der Waals surface area contributed by atoms with Gasteiger partial charge in [0.1, 0.15) is 10.9 Å². The zero-order valence-corrected chi connectivity index (χ0v) is 16.0. The molecule has 28 heavy (non-hydrogen) atoms. The molecule has 0 aliphatic heterocycles. The fourth-order valence-electron chi connectivity index (χ4n) is 3.80. The number of hydrogen-bond acceptors (Lipinski definition) is 5. The Hall–Kier alpha value is -2.70. The molecule has 1 heterocycles. The third kappa shape index (κ3) is 4.40. The first-order valence-corrected chi connectivity index (χ1v) is 10.00. The number of unbranched alkanes of at least 4 members (excludes halogenated alkanes) is 2. The van der Waals surface area contributed by atoms with Crippen molar-refractivity contribution in [1.29, 1.82) is 0 Å². The van der Waals surface area contributed by atoms with Gasteiger partial charge < -0.3 is 15.5 Å². The lowest BCUT2D eigenvalue weighted by Crippen LogP contribution is -2.51. The molecule has 0 radical (unpaired) electrons. The molecule has 0 spiro atoms. The number of para-hydroxylation sites is 2. The molecular formula is C21H27N3O4. The molecule has 7 nitrogen and oxygen atoms in total. The number of benzene rings is 1. The maximum Gasteiger partial charge on any atom is 0.264 e. The van der Waals surface area contributed by atoms with Crippen LogP contribution in [0.1, 0.15) is 68.5 Å². The Balaban J connectivity index is 1.38. The standard InChI is InChI=1S/C21H27N3O4/c22-19(26)21(12-6-2-7-13-21)20(27)23-14-8-1-3-10-16(25)18-24-15-9-4-5-11-17(15)28-18/h4-5,9,11H,1-3,6-8,10,12-14H2,(H2,22,26)(H,23,27). The maximum atomic E-state index is 12.5. The van der Waals surface area contributed by atoms with Crippen molar-refractivity contribution in [1.82, 2.24) is 10.3 Å². The van der Waals surface area contributed by atoms with Crippen LogP contribution in [-0.4, -0.2) is 29.1 Å². The first kappa shape index (κ1) is 20.0. The summed E-state index contributed by atoms with van der Waals surface area (Å²) in [5, 5.41) is 2.86. The van der Waals surface area contributed by atoms with Gasteiger partial charge in [-0.05, 0) is 37.8 Å². The minimum absolute atomic E-state index is 0.116. The molecule has 2 amide bonds. The van der Waals surface area contributed by atoms with E-state index in [4.69, 9.17) is 10.2 Å². The number of primary amides is 1. The fourth-order valence-corrected chi connectivity index (χ4v) is 3.80. The molecule has 1 fully saturated rings. The molecule has 1 aliphatic carbocycles. The molecule has 1 aromatic heterocycles. The van der Waals surface area contributed by atoms with Crippen LogP contribution in [0.15, 0.2) is 28.7 Å². The van der Waals surface area contributed by atoms with Crippen LogP contribution in [0, 0.1) is 5.41 Å². The smallest absolute Gasteiger partial charge is 0.264 e. The Bertz CT molecular complexity index is 819. The van der Waals surface area contributed by atoms with Gasteiger partial charge >= 0.3 is 0 Å². The molecular weight excluding hydrogens is 358 g/mol. The van der Waals surface area contributed by atoms with Gasteiger partial charge in [-0.3, -0.25) is 14.4 Å². The lowest BCUT2D eigenvalue weighted by molar-refractivity contribution is -0.144. The second kappa shape index (κ2) is 8.99. The zero-order valence-electron chi connectivity index (χ0n) is 16.0. The van der Waals surface area contributed by atoms with Crippen LogP contribution in [0.3, 0.4) is 0 Å². The predicted octanol–water partition coefficient (Wildman–Crippen LogP) is 3.12. The van der Waals surface area contributed by atoms with Gasteiger partial charge in [0.25, 0.3) is 5.89 Å². The van der Waals surface area contributed by atoms with Gasteiger partial charge in [-0.25, -0.2) is 4.98 Å². The van der Waals surface area contributed by atoms with Crippen LogP contribution < -0.4 is 11.1 Å². The van der Waals surface area contributed by atoms with Gasteiger partial charge in [-0.1, -0.05) is 37.8 Å². The minimum atomic E-state index is -1.04. The van der Waals surface area contributed by atoms with E-state index >= 15 is 0 Å². The molecule has 7 heteroatoms. The Morgan fingerprint density at radius 3 is 2.54 bits per heavy atom. The topological polar surface area (TPSA) is 115 Å². The molecule has 150 valence electrons. The number of hydrogen-bond donors (Lipinski definition) is 2. The van der Waals surface area contributed by atoms with Crippen LogP contribution in [-0.2, 0) is 9.59 Å². The van der Waals surface area contributed by atoms with E-state index in [2.05, 4.69) is 10.3 Å². The van der Waals surface area contributed by atoms with E-state index in [1.807, 2.05) is 18.2 Å². The highest BCUT2D eigenvalue weighted by atomic mass is 16.4. The quantitative estimate of drug-likeness (QED) is 0.391. The summed E-state index contributed by atoms with van der Waals surface area (Å²) in [6.07, 6.45) is 6.39. The number of Topliss-reactive ketones (excluding diaryl/α,β-unsaturated/α-hetero) is 1. The van der Waals surface area contributed by atoms with Crippen LogP contribution >= 0.6 is 0 Å². The van der Waals surface area contributed by atoms with E-state index in [0.29, 0.717) is 43.3 Å². The van der Waals surface area contributed by atoms with E-state index in [9.17, 15) is 14.4 Å². The number of carbonyl (C=O) groups excluding carboxylic acids is 3. The summed E-state index contributed by atoms with van der Waals surface area (Å²) < 4.78 is 5.48. The van der Waals surface area contributed by atoms with Crippen molar-refractivity contribution in [3.63, 3.8) is 0 Å². The minimum Gasteiger partial charge on any atom is -0.434 e. The molecule has 0 unspecified atom stereocenters. The van der Waals surface area contributed by atoms with Gasteiger partial charge in [-0.2, -0.15) is 0 Å². The number of carbonyl (C=O) groups is 3. The van der Waals surface area contributed by atoms with Crippen LogP contribution in [0.25, 0.3) is 11.1 Å². The van der Waals surface area contributed by atoms with Gasteiger partial charge in [0.15, 0.2) is 5.58 Å². The van der Waals surface area contributed by atoms with Crippen LogP contribution in [0.4, 0.5) is 0 Å². The number of fused-ring (bicyclic) bond motifs is 1. The summed E-state index contributed by atoms with van der Waals surface area (Å²) in [6.45, 7) is 0.477. The van der Waals surface area contributed by atoms with Crippen molar-refractivity contribution in [3.05, 3.63) is 30.2 Å². The number of oxazole rings is 1. The molecule has 1 saturated carbocycles. The van der Waals surface area contributed by atoms with E-state index in [1.54, 1.807) is 6.07 Å². The van der Waals surface area contributed by atoms with Crippen LogP contribution in [0.5, 0.6) is 0 Å². The first-order valence-electron chi connectivity index (χ1n) is 10.00. The Kier molecular flexibility index (Phi) is 6.44. The molecule has 0 saturated heterocycles. The number of rotatable bonds is 9. The van der Waals surface area contributed by atoms with E-state index in [-0.39, 0.29) is 17.6 Å². The number of ketones is 1. The average molecular weight is 385 g/mol. The summed E-state index contributed by atoms with van der Waals surface area (Å²) >= 11 is 0. The molecule has 3 N–H and O–H groups in total. The maximum absolute atomic E-state index is 12.5. The van der Waals surface area contributed by atoms with Crippen molar-refractivity contribution >= 4 is 28.7 Å². The summed E-state index contributed by atoms with van der Waals surface area (Å²) in [7, 11) is 0. The third-order valence-corrected chi connectivity index (χ3v) is 5.51. The molecule has 1 aromatic carbocycles. The van der Waals surface area contributed by atoms with E-state index < -0.39 is 11.3 Å². The highest BCUT2D eigenvalue weighted by Gasteiger charge is 2.44. The Morgan fingerprint density at radius 1 is 1.07 bits per heavy atom. The molecule has 1 aliphatic rings. The highest BCUT2D eigenvalue weighted by Crippen LogP contribution is 2.36. The monoisotopic (exact) mass is 385 g/mol. The summed E-state index contributed by atoms with van der Waals surface area (Å²) in [6, 6.07) is 7.28. The second-order valence-electron chi connectivity index (χ2n) is 7.48. The first-order chi connectivity index (χ1) is 13.5. The van der Waals surface area contributed by atoms with E-state index in [0.717, 1.165) is 32.1 Å². The SMILES string of the molecule is NC(=O)C1(C(=O)NCCCCCC(=O)c2nc3ccccc3o2)CCCCC1.